The van der Waals surface area contributed by atoms with Crippen molar-refractivity contribution in [2.75, 3.05) is 24.2 Å². The molecule has 0 spiro atoms. The lowest BCUT2D eigenvalue weighted by atomic mass is 10.1. The Labute approximate surface area is 186 Å². The third-order valence-electron chi connectivity index (χ3n) is 5.38. The molecule has 3 aromatic rings. The molecule has 0 radical (unpaired) electrons. The smallest absolute Gasteiger partial charge is 0.266 e. The van der Waals surface area contributed by atoms with Crippen LogP contribution in [0.4, 0.5) is 5.95 Å². The van der Waals surface area contributed by atoms with Gasteiger partial charge in [-0.25, -0.2) is 8.42 Å². The summed E-state index contributed by atoms with van der Waals surface area (Å²) >= 11 is 0. The number of hydrogen-bond donors (Lipinski definition) is 0. The molecular weight excluding hydrogens is 434 g/mol. The van der Waals surface area contributed by atoms with Gasteiger partial charge in [-0.2, -0.15) is 9.97 Å². The minimum absolute atomic E-state index is 0.0575. The molecule has 0 amide bonds. The molecule has 1 aliphatic rings. The highest BCUT2D eigenvalue weighted by Gasteiger charge is 2.27. The second-order valence-electron chi connectivity index (χ2n) is 8.30. The molecule has 2 aromatic heterocycles. The minimum atomic E-state index is -3.25. The van der Waals surface area contributed by atoms with Crippen LogP contribution >= 0.6 is 0 Å². The predicted octanol–water partition coefficient (Wildman–Crippen LogP) is 3.39. The summed E-state index contributed by atoms with van der Waals surface area (Å²) in [5.41, 5.74) is 0.675. The van der Waals surface area contributed by atoms with E-state index in [0.717, 1.165) is 25.9 Å². The Morgan fingerprint density at radius 1 is 1.00 bits per heavy atom. The van der Waals surface area contributed by atoms with Crippen LogP contribution in [-0.4, -0.2) is 54.1 Å². The van der Waals surface area contributed by atoms with Crippen molar-refractivity contribution in [3.05, 3.63) is 36.0 Å². The highest BCUT2D eigenvalue weighted by Crippen LogP contribution is 2.27. The van der Waals surface area contributed by atoms with Crippen LogP contribution in [-0.2, 0) is 14.6 Å². The molecule has 0 bridgehead atoms. The molecule has 0 saturated carbocycles. The lowest BCUT2D eigenvalue weighted by molar-refractivity contribution is -0.0300. The van der Waals surface area contributed by atoms with Gasteiger partial charge in [0, 0.05) is 30.8 Å². The number of rotatable bonds is 7. The van der Waals surface area contributed by atoms with E-state index in [1.54, 1.807) is 12.1 Å². The first kappa shape index (κ1) is 22.4. The van der Waals surface area contributed by atoms with Gasteiger partial charge in [0.15, 0.2) is 9.84 Å². The van der Waals surface area contributed by atoms with Gasteiger partial charge in [0.25, 0.3) is 11.8 Å². The zero-order valence-corrected chi connectivity index (χ0v) is 19.4. The molecule has 1 aromatic carbocycles. The maximum atomic E-state index is 11.6. The van der Waals surface area contributed by atoms with E-state index in [4.69, 9.17) is 13.8 Å². The van der Waals surface area contributed by atoms with Gasteiger partial charge in [-0.1, -0.05) is 19.0 Å². The Balaban J connectivity index is 1.33. The van der Waals surface area contributed by atoms with Crippen molar-refractivity contribution in [1.29, 1.82) is 0 Å². The molecule has 0 aliphatic carbocycles. The van der Waals surface area contributed by atoms with Crippen LogP contribution in [0, 0.1) is 0 Å². The van der Waals surface area contributed by atoms with Crippen molar-refractivity contribution in [3.63, 3.8) is 0 Å². The number of benzene rings is 1. The quantitative estimate of drug-likeness (QED) is 0.517. The van der Waals surface area contributed by atoms with E-state index in [1.807, 2.05) is 20.8 Å². The lowest BCUT2D eigenvalue weighted by Gasteiger charge is -2.31. The maximum Gasteiger partial charge on any atom is 0.266 e. The van der Waals surface area contributed by atoms with E-state index >= 15 is 0 Å². The summed E-state index contributed by atoms with van der Waals surface area (Å²) < 4.78 is 40.1. The van der Waals surface area contributed by atoms with Crippen molar-refractivity contribution < 1.29 is 22.2 Å². The molecule has 4 rings (SSSR count). The standard InChI is InChI=1S/C21H27N5O5S/c1-13(2)19-23-21(25-30-19)26-11-9-16(10-12-26)29-14(3)20-22-18(24-31-20)15-5-7-17(8-6-15)32(4,27)28/h5-8,13-14,16H,9-12H2,1-4H3/t14-/m1/s1. The third kappa shape index (κ3) is 4.99. The Morgan fingerprint density at radius 3 is 2.25 bits per heavy atom. The molecule has 1 atom stereocenters. The van der Waals surface area contributed by atoms with Gasteiger partial charge in [0.1, 0.15) is 6.10 Å². The maximum absolute atomic E-state index is 11.6. The SMILES string of the molecule is CC(C)c1nc(N2CCC(O[C@H](C)c3nc(-c4ccc(S(C)(=O)=O)cc4)no3)CC2)no1. The van der Waals surface area contributed by atoms with Crippen LogP contribution in [0.15, 0.2) is 38.2 Å². The first-order chi connectivity index (χ1) is 15.2. The molecule has 32 heavy (non-hydrogen) atoms. The second-order valence-corrected chi connectivity index (χ2v) is 10.3. The Morgan fingerprint density at radius 2 is 1.66 bits per heavy atom. The van der Waals surface area contributed by atoms with E-state index in [2.05, 4.69) is 25.2 Å². The zero-order valence-electron chi connectivity index (χ0n) is 18.6. The van der Waals surface area contributed by atoms with Crippen molar-refractivity contribution >= 4 is 15.8 Å². The van der Waals surface area contributed by atoms with Crippen LogP contribution in [0.3, 0.4) is 0 Å². The summed E-state index contributed by atoms with van der Waals surface area (Å²) in [5, 5.41) is 8.09. The molecule has 0 N–H and O–H groups in total. The van der Waals surface area contributed by atoms with Crippen LogP contribution in [0.25, 0.3) is 11.4 Å². The van der Waals surface area contributed by atoms with Gasteiger partial charge in [-0.15, -0.1) is 0 Å². The average molecular weight is 462 g/mol. The average Bonchev–Trinajstić information content (AvgIpc) is 3.44. The summed E-state index contributed by atoms with van der Waals surface area (Å²) in [7, 11) is -3.25. The summed E-state index contributed by atoms with van der Waals surface area (Å²) in [6.45, 7) is 7.47. The zero-order chi connectivity index (χ0) is 22.9. The molecule has 1 aliphatic heterocycles. The number of aromatic nitrogens is 4. The largest absolute Gasteiger partial charge is 0.365 e. The number of hydrogen-bond acceptors (Lipinski definition) is 10. The van der Waals surface area contributed by atoms with Crippen molar-refractivity contribution in [2.24, 2.45) is 0 Å². The Kier molecular flexibility index (Phi) is 6.29. The highest BCUT2D eigenvalue weighted by atomic mass is 32.2. The van der Waals surface area contributed by atoms with E-state index in [1.165, 1.54) is 18.4 Å². The predicted molar refractivity (Wildman–Crippen MR) is 116 cm³/mol. The van der Waals surface area contributed by atoms with Crippen LogP contribution in [0.5, 0.6) is 0 Å². The molecule has 3 heterocycles. The van der Waals surface area contributed by atoms with E-state index < -0.39 is 9.84 Å². The van der Waals surface area contributed by atoms with Crippen LogP contribution in [0.2, 0.25) is 0 Å². The number of anilines is 1. The number of sulfone groups is 1. The molecule has 11 heteroatoms. The lowest BCUT2D eigenvalue weighted by Crippen LogP contribution is -2.38. The normalized spacial score (nSPS) is 16.6. The molecule has 1 fully saturated rings. The van der Waals surface area contributed by atoms with Crippen molar-refractivity contribution in [1.82, 2.24) is 20.3 Å². The van der Waals surface area contributed by atoms with E-state index in [9.17, 15) is 8.42 Å². The molecule has 172 valence electrons. The summed E-state index contributed by atoms with van der Waals surface area (Å²) in [6.07, 6.45) is 2.51. The number of piperidine rings is 1. The topological polar surface area (TPSA) is 124 Å². The summed E-state index contributed by atoms with van der Waals surface area (Å²) in [6, 6.07) is 6.38. The van der Waals surface area contributed by atoms with Gasteiger partial charge in [0.2, 0.25) is 11.7 Å². The fraction of sp³-hybridized carbons (Fsp3) is 0.524. The monoisotopic (exact) mass is 461 g/mol. The Hall–Kier alpha value is -2.79. The van der Waals surface area contributed by atoms with Gasteiger partial charge in [-0.3, -0.25) is 0 Å². The fourth-order valence-electron chi connectivity index (χ4n) is 3.50. The first-order valence-corrected chi connectivity index (χ1v) is 12.5. The van der Waals surface area contributed by atoms with Crippen LogP contribution < -0.4 is 4.90 Å². The molecule has 0 unspecified atom stereocenters. The van der Waals surface area contributed by atoms with E-state index in [0.29, 0.717) is 29.1 Å². The number of nitrogens with zero attached hydrogens (tertiary/aromatic N) is 5. The second kappa shape index (κ2) is 8.99. The van der Waals surface area contributed by atoms with Crippen molar-refractivity contribution in [3.8, 4) is 11.4 Å². The fourth-order valence-corrected chi connectivity index (χ4v) is 4.13. The first-order valence-electron chi connectivity index (χ1n) is 10.6. The van der Waals surface area contributed by atoms with Crippen molar-refractivity contribution in [2.45, 2.75) is 56.6 Å². The van der Waals surface area contributed by atoms with Crippen LogP contribution in [0.1, 0.15) is 57.4 Å². The number of ether oxygens (including phenoxy) is 1. The van der Waals surface area contributed by atoms with Gasteiger partial charge in [-0.05, 0) is 49.2 Å². The Bertz CT molecular complexity index is 1150. The summed E-state index contributed by atoms with van der Waals surface area (Å²) in [4.78, 5) is 11.2. The van der Waals surface area contributed by atoms with Gasteiger partial charge in [0.05, 0.1) is 11.0 Å². The highest BCUT2D eigenvalue weighted by molar-refractivity contribution is 7.90. The van der Waals surface area contributed by atoms with Gasteiger partial charge < -0.3 is 18.7 Å². The van der Waals surface area contributed by atoms with E-state index in [-0.39, 0.29) is 23.0 Å². The minimum Gasteiger partial charge on any atom is -0.365 e. The summed E-state index contributed by atoms with van der Waals surface area (Å²) in [5.74, 6) is 2.25. The van der Waals surface area contributed by atoms with Gasteiger partial charge >= 0.3 is 0 Å². The molecule has 10 nitrogen and oxygen atoms in total. The molecule has 1 saturated heterocycles. The molecular formula is C21H27N5O5S. The third-order valence-corrected chi connectivity index (χ3v) is 6.50.